The number of aryl methyl sites for hydroxylation is 2. The number of hydrogen-bond donors (Lipinski definition) is 1. The van der Waals surface area contributed by atoms with E-state index in [1.807, 2.05) is 11.8 Å². The highest BCUT2D eigenvalue weighted by Crippen LogP contribution is 2.25. The molecule has 1 aliphatic rings. The van der Waals surface area contributed by atoms with Gasteiger partial charge in [0, 0.05) is 11.4 Å². The van der Waals surface area contributed by atoms with Crippen molar-refractivity contribution in [1.29, 1.82) is 0 Å². The van der Waals surface area contributed by atoms with E-state index in [-0.39, 0.29) is 0 Å². The van der Waals surface area contributed by atoms with E-state index < -0.39 is 0 Å². The molecule has 3 heteroatoms. The second-order valence-electron chi connectivity index (χ2n) is 4.51. The molecule has 0 amide bonds. The van der Waals surface area contributed by atoms with E-state index >= 15 is 0 Å². The Bertz CT molecular complexity index is 426. The van der Waals surface area contributed by atoms with E-state index in [1.54, 1.807) is 0 Å². The van der Waals surface area contributed by atoms with Gasteiger partial charge in [-0.15, -0.1) is 0 Å². The molecule has 0 saturated carbocycles. The summed E-state index contributed by atoms with van der Waals surface area (Å²) in [6.07, 6.45) is 2.24. The summed E-state index contributed by atoms with van der Waals surface area (Å²) in [6, 6.07) is 6.91. The summed E-state index contributed by atoms with van der Waals surface area (Å²) >= 11 is 1.83. The third kappa shape index (κ3) is 3.03. The maximum atomic E-state index is 4.66. The van der Waals surface area contributed by atoms with Crippen molar-refractivity contribution >= 4 is 22.6 Å². The van der Waals surface area contributed by atoms with Gasteiger partial charge in [0.25, 0.3) is 0 Å². The third-order valence-electron chi connectivity index (χ3n) is 3.08. The summed E-state index contributed by atoms with van der Waals surface area (Å²) in [6.45, 7) is 6.53. The first-order chi connectivity index (χ1) is 8.20. The van der Waals surface area contributed by atoms with E-state index in [1.165, 1.54) is 29.0 Å². The summed E-state index contributed by atoms with van der Waals surface area (Å²) in [4.78, 5) is 4.66. The molecule has 1 aromatic carbocycles. The monoisotopic (exact) mass is 248 g/mol. The molecule has 1 unspecified atom stereocenters. The van der Waals surface area contributed by atoms with Crippen LogP contribution >= 0.6 is 11.8 Å². The number of nitrogens with one attached hydrogen (secondary N) is 1. The van der Waals surface area contributed by atoms with Crippen molar-refractivity contribution in [2.75, 3.05) is 11.1 Å². The van der Waals surface area contributed by atoms with E-state index in [0.717, 1.165) is 11.6 Å². The molecule has 1 aliphatic heterocycles. The molecule has 1 N–H and O–H groups in total. The average Bonchev–Trinajstić information content (AvgIpc) is 2.32. The lowest BCUT2D eigenvalue weighted by atomic mass is 10.1. The second kappa shape index (κ2) is 5.58. The highest BCUT2D eigenvalue weighted by Gasteiger charge is 2.13. The highest BCUT2D eigenvalue weighted by atomic mass is 32.2. The topological polar surface area (TPSA) is 24.4 Å². The quantitative estimate of drug-likeness (QED) is 0.859. The van der Waals surface area contributed by atoms with E-state index in [9.17, 15) is 0 Å². The van der Waals surface area contributed by atoms with Crippen LogP contribution in [0.25, 0.3) is 0 Å². The van der Waals surface area contributed by atoms with Gasteiger partial charge in [0.05, 0.1) is 6.04 Å². The summed E-state index contributed by atoms with van der Waals surface area (Å²) in [5, 5.41) is 4.59. The van der Waals surface area contributed by atoms with Crippen molar-refractivity contribution < 1.29 is 0 Å². The predicted octanol–water partition coefficient (Wildman–Crippen LogP) is 3.85. The average molecular weight is 248 g/mol. The van der Waals surface area contributed by atoms with Crippen molar-refractivity contribution in [3.05, 3.63) is 29.3 Å². The highest BCUT2D eigenvalue weighted by molar-refractivity contribution is 8.14. The molecule has 0 spiro atoms. The van der Waals surface area contributed by atoms with Crippen LogP contribution in [0.1, 0.15) is 31.4 Å². The fraction of sp³-hybridized carbons (Fsp3) is 0.500. The summed E-state index contributed by atoms with van der Waals surface area (Å²) < 4.78 is 0. The fourth-order valence-electron chi connectivity index (χ4n) is 2.01. The number of anilines is 1. The SMILES string of the molecule is CCc1cccc(C)c1NC1=NC(C)CCS1. The van der Waals surface area contributed by atoms with Crippen LogP contribution in [0, 0.1) is 6.92 Å². The first-order valence-corrected chi connectivity index (χ1v) is 7.25. The molecule has 2 nitrogen and oxygen atoms in total. The number of amidine groups is 1. The molecule has 1 atom stereocenters. The number of rotatable bonds is 2. The Hall–Kier alpha value is -0.960. The van der Waals surface area contributed by atoms with Gasteiger partial charge in [0.1, 0.15) is 0 Å². The molecule has 1 heterocycles. The summed E-state index contributed by atoms with van der Waals surface area (Å²) in [7, 11) is 0. The Morgan fingerprint density at radius 3 is 3.00 bits per heavy atom. The molecular formula is C14H20N2S. The van der Waals surface area contributed by atoms with Gasteiger partial charge >= 0.3 is 0 Å². The number of aliphatic imine (C=N–C) groups is 1. The van der Waals surface area contributed by atoms with Gasteiger partial charge in [-0.3, -0.25) is 4.99 Å². The van der Waals surface area contributed by atoms with Gasteiger partial charge < -0.3 is 5.32 Å². The Morgan fingerprint density at radius 2 is 2.29 bits per heavy atom. The number of para-hydroxylation sites is 1. The third-order valence-corrected chi connectivity index (χ3v) is 4.00. The van der Waals surface area contributed by atoms with Crippen LogP contribution < -0.4 is 5.32 Å². The van der Waals surface area contributed by atoms with E-state index in [2.05, 4.69) is 49.3 Å². The van der Waals surface area contributed by atoms with Gasteiger partial charge in [0.15, 0.2) is 5.17 Å². The van der Waals surface area contributed by atoms with Crippen LogP contribution in [0.4, 0.5) is 5.69 Å². The van der Waals surface area contributed by atoms with Gasteiger partial charge in [-0.05, 0) is 37.8 Å². The lowest BCUT2D eigenvalue weighted by Crippen LogP contribution is -2.19. The van der Waals surface area contributed by atoms with Gasteiger partial charge in [0.2, 0.25) is 0 Å². The summed E-state index contributed by atoms with van der Waals surface area (Å²) in [5.74, 6) is 1.17. The van der Waals surface area contributed by atoms with Crippen LogP contribution in [-0.2, 0) is 6.42 Å². The molecule has 92 valence electrons. The maximum Gasteiger partial charge on any atom is 0.161 e. The lowest BCUT2D eigenvalue weighted by Gasteiger charge is -2.20. The Balaban J connectivity index is 2.23. The Labute approximate surface area is 108 Å². The first-order valence-electron chi connectivity index (χ1n) is 6.26. The largest absolute Gasteiger partial charge is 0.335 e. The smallest absolute Gasteiger partial charge is 0.161 e. The van der Waals surface area contributed by atoms with Crippen molar-refractivity contribution in [1.82, 2.24) is 0 Å². The van der Waals surface area contributed by atoms with Crippen LogP contribution in [0.2, 0.25) is 0 Å². The van der Waals surface area contributed by atoms with Crippen LogP contribution in [0.3, 0.4) is 0 Å². The minimum absolute atomic E-state index is 0.452. The zero-order valence-corrected chi connectivity index (χ0v) is 11.6. The van der Waals surface area contributed by atoms with E-state index in [0.29, 0.717) is 6.04 Å². The normalized spacial score (nSPS) is 19.9. The standard InChI is InChI=1S/C14H20N2S/c1-4-12-7-5-6-10(2)13(12)16-14-15-11(3)8-9-17-14/h5-7,11H,4,8-9H2,1-3H3,(H,15,16). The summed E-state index contributed by atoms with van der Waals surface area (Å²) in [5.41, 5.74) is 3.91. The number of hydrogen-bond acceptors (Lipinski definition) is 3. The Kier molecular flexibility index (Phi) is 4.11. The van der Waals surface area contributed by atoms with Gasteiger partial charge in [-0.1, -0.05) is 36.9 Å². The number of thioether (sulfide) groups is 1. The Morgan fingerprint density at radius 1 is 1.47 bits per heavy atom. The van der Waals surface area contributed by atoms with E-state index in [4.69, 9.17) is 0 Å². The van der Waals surface area contributed by atoms with Crippen LogP contribution in [0.5, 0.6) is 0 Å². The molecule has 0 aliphatic carbocycles. The first kappa shape index (κ1) is 12.5. The molecule has 1 aromatic rings. The second-order valence-corrected chi connectivity index (χ2v) is 5.59. The minimum Gasteiger partial charge on any atom is -0.335 e. The molecule has 17 heavy (non-hydrogen) atoms. The molecule has 0 saturated heterocycles. The maximum absolute atomic E-state index is 4.66. The van der Waals surface area contributed by atoms with Crippen LogP contribution in [-0.4, -0.2) is 17.0 Å². The van der Waals surface area contributed by atoms with Crippen molar-refractivity contribution in [3.8, 4) is 0 Å². The van der Waals surface area contributed by atoms with Crippen molar-refractivity contribution in [2.45, 2.75) is 39.7 Å². The molecule has 2 rings (SSSR count). The molecule has 0 bridgehead atoms. The van der Waals surface area contributed by atoms with Crippen molar-refractivity contribution in [2.24, 2.45) is 4.99 Å². The predicted molar refractivity (Wildman–Crippen MR) is 78.2 cm³/mol. The van der Waals surface area contributed by atoms with Crippen LogP contribution in [0.15, 0.2) is 23.2 Å². The molecule has 0 aromatic heterocycles. The zero-order valence-electron chi connectivity index (χ0n) is 10.8. The van der Waals surface area contributed by atoms with Gasteiger partial charge in [-0.25, -0.2) is 0 Å². The lowest BCUT2D eigenvalue weighted by molar-refractivity contribution is 0.720. The van der Waals surface area contributed by atoms with Crippen molar-refractivity contribution in [3.63, 3.8) is 0 Å². The molecule has 0 fully saturated rings. The molecule has 0 radical (unpaired) electrons. The number of nitrogens with zero attached hydrogens (tertiary/aromatic N) is 1. The zero-order chi connectivity index (χ0) is 12.3. The van der Waals surface area contributed by atoms with Gasteiger partial charge in [-0.2, -0.15) is 0 Å². The number of benzene rings is 1. The fourth-order valence-corrected chi connectivity index (χ4v) is 3.09. The minimum atomic E-state index is 0.452. The molecular weight excluding hydrogens is 228 g/mol.